The van der Waals surface area contributed by atoms with Crippen LogP contribution >= 0.6 is 35.0 Å². The van der Waals surface area contributed by atoms with Gasteiger partial charge in [0.2, 0.25) is 10.0 Å². The number of hydrogen-bond donors (Lipinski definition) is 0. The van der Waals surface area contributed by atoms with E-state index in [0.29, 0.717) is 16.9 Å². The molecule has 1 amide bonds. The third kappa shape index (κ3) is 8.33. The van der Waals surface area contributed by atoms with Gasteiger partial charge in [0.05, 0.1) is 21.0 Å². The molecule has 1 aliphatic carbocycles. The summed E-state index contributed by atoms with van der Waals surface area (Å²) >= 11 is 13.9. The Balaban J connectivity index is 1.47. The van der Waals surface area contributed by atoms with Crippen LogP contribution in [0.15, 0.2) is 59.8 Å². The van der Waals surface area contributed by atoms with Crippen LogP contribution in [0.1, 0.15) is 53.3 Å². The number of carbonyl (C=O) groups excluding carboxylic acids is 2. The van der Waals surface area contributed by atoms with E-state index in [2.05, 4.69) is 4.98 Å². The molecule has 2 atom stereocenters. The van der Waals surface area contributed by atoms with Crippen LogP contribution < -0.4 is 9.47 Å². The summed E-state index contributed by atoms with van der Waals surface area (Å²) in [5.74, 6) is -1.06. The van der Waals surface area contributed by atoms with Crippen molar-refractivity contribution >= 4 is 56.9 Å². The molecular weight excluding hydrogens is 711 g/mol. The monoisotopic (exact) mass is 743 g/mol. The minimum atomic E-state index is -4.24. The topological polar surface area (TPSA) is 115 Å². The summed E-state index contributed by atoms with van der Waals surface area (Å²) in [7, 11) is -1.13. The predicted octanol–water partition coefficient (Wildman–Crippen LogP) is 6.60. The van der Waals surface area contributed by atoms with E-state index in [0.717, 1.165) is 41.8 Å². The van der Waals surface area contributed by atoms with Crippen molar-refractivity contribution in [2.75, 3.05) is 26.4 Å². The van der Waals surface area contributed by atoms with E-state index < -0.39 is 34.1 Å². The summed E-state index contributed by atoms with van der Waals surface area (Å²) in [5, 5.41) is -0.852. The summed E-state index contributed by atoms with van der Waals surface area (Å²) in [6, 6.07) is 9.85. The lowest BCUT2D eigenvalue weighted by Gasteiger charge is -2.26. The number of sulfonamides is 1. The first-order chi connectivity index (χ1) is 22.8. The fourth-order valence-electron chi connectivity index (χ4n) is 5.51. The molecule has 0 radical (unpaired) electrons. The standard InChI is InChI=1S/C32H33Cl2F2N3O7S2/c1-38(2)29(40)20-6-5-9-22(14-20)48(42,43)39-12-13-47-30(39)31(41)45-27(16-23-24(33)17-37-18-25(23)34)19-10-11-26(46-32(35)36)28(15-19)44-21-7-3-4-8-21/h5-6,9-11,14-15,17-18,21,27,30,32H,3-4,7-8,12-13,16H2,1-2H3. The first-order valence-corrected chi connectivity index (χ1v) is 18.3. The van der Waals surface area contributed by atoms with Crippen LogP contribution in [-0.2, 0) is 26.0 Å². The number of amides is 1. The fourth-order valence-corrected chi connectivity index (χ4v) is 9.12. The normalized spacial score (nSPS) is 17.8. The van der Waals surface area contributed by atoms with Crippen LogP contribution in [0.5, 0.6) is 11.5 Å². The van der Waals surface area contributed by atoms with Gasteiger partial charge in [-0.2, -0.15) is 13.1 Å². The molecule has 3 aromatic rings. The SMILES string of the molecule is CN(C)C(=O)c1cccc(S(=O)(=O)N2CCSC2C(=O)OC(Cc2c(Cl)cncc2Cl)c2ccc(OC(F)F)c(OC3CCCC3)c2)c1. The van der Waals surface area contributed by atoms with Crippen LogP contribution in [0.2, 0.25) is 10.0 Å². The van der Waals surface area contributed by atoms with Gasteiger partial charge in [0.25, 0.3) is 5.91 Å². The van der Waals surface area contributed by atoms with Crippen molar-refractivity contribution < 1.29 is 41.0 Å². The Kier molecular flexibility index (Phi) is 11.7. The minimum Gasteiger partial charge on any atom is -0.487 e. The highest BCUT2D eigenvalue weighted by Gasteiger charge is 2.42. The molecule has 0 bridgehead atoms. The molecule has 2 unspecified atom stereocenters. The second-order valence-corrected chi connectivity index (χ2v) is 15.3. The zero-order chi connectivity index (χ0) is 34.6. The van der Waals surface area contributed by atoms with Gasteiger partial charge in [-0.1, -0.05) is 35.3 Å². The van der Waals surface area contributed by atoms with E-state index in [9.17, 15) is 26.8 Å². The average Bonchev–Trinajstić information content (AvgIpc) is 3.76. The molecule has 0 spiro atoms. The highest BCUT2D eigenvalue weighted by Crippen LogP contribution is 2.39. The molecule has 5 rings (SSSR count). The van der Waals surface area contributed by atoms with Crippen molar-refractivity contribution in [1.29, 1.82) is 0 Å². The van der Waals surface area contributed by atoms with Crippen LogP contribution in [0.4, 0.5) is 8.78 Å². The van der Waals surface area contributed by atoms with Gasteiger partial charge in [-0.15, -0.1) is 11.8 Å². The third-order valence-electron chi connectivity index (χ3n) is 7.90. The van der Waals surface area contributed by atoms with Gasteiger partial charge in [0.15, 0.2) is 16.9 Å². The Morgan fingerprint density at radius 3 is 2.44 bits per heavy atom. The van der Waals surface area contributed by atoms with Gasteiger partial charge in [-0.25, -0.2) is 13.2 Å². The summed E-state index contributed by atoms with van der Waals surface area (Å²) < 4.78 is 72.1. The van der Waals surface area contributed by atoms with Crippen molar-refractivity contribution in [3.8, 4) is 11.5 Å². The smallest absolute Gasteiger partial charge is 0.387 e. The second kappa shape index (κ2) is 15.6. The first-order valence-electron chi connectivity index (χ1n) is 15.0. The quantitative estimate of drug-likeness (QED) is 0.189. The number of ether oxygens (including phenoxy) is 3. The summed E-state index contributed by atoms with van der Waals surface area (Å²) in [5.41, 5.74) is 0.936. The lowest BCUT2D eigenvalue weighted by Crippen LogP contribution is -2.40. The number of rotatable bonds is 12. The van der Waals surface area contributed by atoms with Gasteiger partial charge >= 0.3 is 12.6 Å². The molecule has 48 heavy (non-hydrogen) atoms. The summed E-state index contributed by atoms with van der Waals surface area (Å²) in [4.78, 5) is 31.6. The maximum absolute atomic E-state index is 13.9. The maximum Gasteiger partial charge on any atom is 0.387 e. The maximum atomic E-state index is 13.9. The molecule has 10 nitrogen and oxygen atoms in total. The molecule has 1 saturated carbocycles. The van der Waals surface area contributed by atoms with Crippen LogP contribution in [0, 0.1) is 0 Å². The summed E-state index contributed by atoms with van der Waals surface area (Å²) in [6.45, 7) is -3.08. The Morgan fingerprint density at radius 1 is 1.06 bits per heavy atom. The minimum absolute atomic E-state index is 0.0182. The van der Waals surface area contributed by atoms with Crippen LogP contribution in [-0.4, -0.2) is 79.0 Å². The Bertz CT molecular complexity index is 1740. The molecule has 2 aliphatic rings. The Labute approximate surface area is 291 Å². The van der Waals surface area contributed by atoms with Crippen molar-refractivity contribution in [1.82, 2.24) is 14.2 Å². The highest BCUT2D eigenvalue weighted by atomic mass is 35.5. The van der Waals surface area contributed by atoms with Crippen molar-refractivity contribution in [3.05, 3.63) is 81.6 Å². The lowest BCUT2D eigenvalue weighted by molar-refractivity contribution is -0.150. The zero-order valence-electron chi connectivity index (χ0n) is 26.0. The highest BCUT2D eigenvalue weighted by molar-refractivity contribution is 8.02. The predicted molar refractivity (Wildman–Crippen MR) is 177 cm³/mol. The van der Waals surface area contributed by atoms with Crippen molar-refractivity contribution in [3.63, 3.8) is 0 Å². The molecule has 258 valence electrons. The van der Waals surface area contributed by atoms with E-state index >= 15 is 0 Å². The van der Waals surface area contributed by atoms with Gasteiger partial charge in [0.1, 0.15) is 6.10 Å². The van der Waals surface area contributed by atoms with E-state index in [1.807, 2.05) is 0 Å². The molecular formula is C32H33Cl2F2N3O7S2. The van der Waals surface area contributed by atoms with Crippen molar-refractivity contribution in [2.45, 2.75) is 61.2 Å². The molecule has 2 fully saturated rings. The number of benzene rings is 2. The fraction of sp³-hybridized carbons (Fsp3) is 0.406. The van der Waals surface area contributed by atoms with Gasteiger partial charge in [0, 0.05) is 50.8 Å². The van der Waals surface area contributed by atoms with Crippen molar-refractivity contribution in [2.24, 2.45) is 0 Å². The zero-order valence-corrected chi connectivity index (χ0v) is 29.1. The number of aromatic nitrogens is 1. The lowest BCUT2D eigenvalue weighted by atomic mass is 10.0. The third-order valence-corrected chi connectivity index (χ3v) is 11.7. The van der Waals surface area contributed by atoms with Gasteiger partial charge in [-0.3, -0.25) is 9.78 Å². The van der Waals surface area contributed by atoms with Gasteiger partial charge in [-0.05, 0) is 67.1 Å². The number of halogens is 4. The first kappa shape index (κ1) is 36.1. The second-order valence-electron chi connectivity index (χ2n) is 11.4. The number of esters is 1. The van der Waals surface area contributed by atoms with E-state index in [1.54, 1.807) is 14.1 Å². The van der Waals surface area contributed by atoms with E-state index in [-0.39, 0.29) is 57.0 Å². The molecule has 2 heterocycles. The van der Waals surface area contributed by atoms with Crippen LogP contribution in [0.3, 0.4) is 0 Å². The van der Waals surface area contributed by atoms with E-state index in [1.165, 1.54) is 59.8 Å². The Hall–Kier alpha value is -3.17. The number of thioether (sulfide) groups is 1. The largest absolute Gasteiger partial charge is 0.487 e. The molecule has 0 N–H and O–H groups in total. The molecule has 2 aromatic carbocycles. The number of hydrogen-bond acceptors (Lipinski definition) is 9. The number of alkyl halides is 2. The molecule has 16 heteroatoms. The summed E-state index contributed by atoms with van der Waals surface area (Å²) in [6.07, 6.45) is 4.76. The number of nitrogens with zero attached hydrogens (tertiary/aromatic N) is 3. The molecule has 1 aromatic heterocycles. The molecule has 1 aliphatic heterocycles. The van der Waals surface area contributed by atoms with E-state index in [4.69, 9.17) is 37.4 Å². The Morgan fingerprint density at radius 2 is 1.77 bits per heavy atom. The average molecular weight is 745 g/mol. The number of carbonyl (C=O) groups is 2. The van der Waals surface area contributed by atoms with Gasteiger partial charge < -0.3 is 19.1 Å². The number of pyridine rings is 1. The van der Waals surface area contributed by atoms with Crippen LogP contribution in [0.25, 0.3) is 0 Å². The molecule has 1 saturated heterocycles.